The Labute approximate surface area is 84.9 Å². The van der Waals surface area contributed by atoms with E-state index < -0.39 is 0 Å². The molecule has 1 rings (SSSR count). The first-order chi connectivity index (χ1) is 6.15. The Bertz CT molecular complexity index is 283. The number of rotatable bonds is 3. The lowest BCUT2D eigenvalue weighted by Gasteiger charge is -2.11. The molecule has 0 bridgehead atoms. The summed E-state index contributed by atoms with van der Waals surface area (Å²) in [6, 6.07) is 6.18. The van der Waals surface area contributed by atoms with Gasteiger partial charge in [0.05, 0.1) is 0 Å². The molecule has 0 radical (unpaired) electrons. The third kappa shape index (κ3) is 2.71. The van der Waals surface area contributed by atoms with Crippen molar-refractivity contribution in [3.05, 3.63) is 34.3 Å². The van der Waals surface area contributed by atoms with Gasteiger partial charge in [0, 0.05) is 5.02 Å². The van der Waals surface area contributed by atoms with Crippen molar-refractivity contribution in [2.45, 2.75) is 26.2 Å². The van der Waals surface area contributed by atoms with E-state index in [1.165, 1.54) is 5.56 Å². The van der Waals surface area contributed by atoms with Crippen molar-refractivity contribution in [1.29, 1.82) is 0 Å². The molecule has 0 saturated heterocycles. The maximum atomic E-state index is 5.94. The molecule has 13 heavy (non-hydrogen) atoms. The lowest BCUT2D eigenvalue weighted by molar-refractivity contribution is 0.690. The van der Waals surface area contributed by atoms with E-state index >= 15 is 0 Å². The highest BCUT2D eigenvalue weighted by molar-refractivity contribution is 6.31. The molecule has 1 atom stereocenters. The van der Waals surface area contributed by atoms with Crippen molar-refractivity contribution in [1.82, 2.24) is 0 Å². The number of hydrogen-bond acceptors (Lipinski definition) is 1. The van der Waals surface area contributed by atoms with Crippen molar-refractivity contribution < 1.29 is 0 Å². The van der Waals surface area contributed by atoms with Crippen molar-refractivity contribution in [2.75, 3.05) is 6.54 Å². The zero-order valence-electron chi connectivity index (χ0n) is 8.18. The predicted octanol–water partition coefficient (Wildman–Crippen LogP) is 3.10. The standard InChI is InChI=1S/C11H16ClN/c1-8(5-6-13)10-3-4-11(12)9(2)7-10/h3-4,7-8H,5-6,13H2,1-2H3. The molecule has 0 fully saturated rings. The SMILES string of the molecule is Cc1cc(C(C)CCN)ccc1Cl. The van der Waals surface area contributed by atoms with E-state index in [0.717, 1.165) is 23.6 Å². The number of hydrogen-bond donors (Lipinski definition) is 1. The monoisotopic (exact) mass is 197 g/mol. The molecular formula is C11H16ClN. The van der Waals surface area contributed by atoms with E-state index in [1.54, 1.807) is 0 Å². The third-order valence-corrected chi connectivity index (χ3v) is 2.77. The fourth-order valence-electron chi connectivity index (χ4n) is 1.39. The maximum Gasteiger partial charge on any atom is 0.0435 e. The van der Waals surface area contributed by atoms with Crippen LogP contribution in [0.15, 0.2) is 18.2 Å². The molecule has 0 spiro atoms. The minimum atomic E-state index is 0.529. The highest BCUT2D eigenvalue weighted by Gasteiger charge is 2.05. The summed E-state index contributed by atoms with van der Waals surface area (Å²) in [5.74, 6) is 0.529. The minimum Gasteiger partial charge on any atom is -0.330 e. The highest BCUT2D eigenvalue weighted by Crippen LogP contribution is 2.23. The zero-order chi connectivity index (χ0) is 9.84. The van der Waals surface area contributed by atoms with E-state index in [0.29, 0.717) is 5.92 Å². The van der Waals surface area contributed by atoms with Gasteiger partial charge in [-0.2, -0.15) is 0 Å². The predicted molar refractivity (Wildman–Crippen MR) is 58.3 cm³/mol. The topological polar surface area (TPSA) is 26.0 Å². The van der Waals surface area contributed by atoms with Crippen molar-refractivity contribution in [3.8, 4) is 0 Å². The number of nitrogens with two attached hydrogens (primary N) is 1. The summed E-state index contributed by atoms with van der Waals surface area (Å²) in [5, 5.41) is 0.837. The van der Waals surface area contributed by atoms with Gasteiger partial charge in [0.2, 0.25) is 0 Å². The first-order valence-corrected chi connectivity index (χ1v) is 4.99. The Balaban J connectivity index is 2.84. The van der Waals surface area contributed by atoms with E-state index in [4.69, 9.17) is 17.3 Å². The zero-order valence-corrected chi connectivity index (χ0v) is 8.93. The molecule has 72 valence electrons. The van der Waals surface area contributed by atoms with Crippen molar-refractivity contribution >= 4 is 11.6 Å². The Morgan fingerprint density at radius 3 is 2.69 bits per heavy atom. The molecule has 0 aromatic heterocycles. The number of benzene rings is 1. The quantitative estimate of drug-likeness (QED) is 0.792. The summed E-state index contributed by atoms with van der Waals surface area (Å²) in [4.78, 5) is 0. The summed E-state index contributed by atoms with van der Waals surface area (Å²) in [6.45, 7) is 4.96. The van der Waals surface area contributed by atoms with Gasteiger partial charge in [-0.15, -0.1) is 0 Å². The van der Waals surface area contributed by atoms with Gasteiger partial charge >= 0.3 is 0 Å². The summed E-state index contributed by atoms with van der Waals surface area (Å²) in [5.41, 5.74) is 7.98. The lowest BCUT2D eigenvalue weighted by Crippen LogP contribution is -2.04. The Morgan fingerprint density at radius 1 is 1.46 bits per heavy atom. The molecule has 0 aliphatic rings. The lowest BCUT2D eigenvalue weighted by atomic mass is 9.96. The number of aryl methyl sites for hydroxylation is 1. The molecular weight excluding hydrogens is 182 g/mol. The second-order valence-corrected chi connectivity index (χ2v) is 3.89. The van der Waals surface area contributed by atoms with E-state index in [-0.39, 0.29) is 0 Å². The molecule has 0 aliphatic carbocycles. The average molecular weight is 198 g/mol. The second kappa shape index (κ2) is 4.64. The molecule has 1 nitrogen and oxygen atoms in total. The molecule has 0 heterocycles. The van der Waals surface area contributed by atoms with E-state index in [1.807, 2.05) is 13.0 Å². The smallest absolute Gasteiger partial charge is 0.0435 e. The molecule has 1 aromatic carbocycles. The van der Waals surface area contributed by atoms with Gasteiger partial charge in [0.25, 0.3) is 0 Å². The first-order valence-electron chi connectivity index (χ1n) is 4.61. The Hall–Kier alpha value is -0.530. The van der Waals surface area contributed by atoms with Crippen LogP contribution >= 0.6 is 11.6 Å². The fourth-order valence-corrected chi connectivity index (χ4v) is 1.51. The average Bonchev–Trinajstić information content (AvgIpc) is 2.10. The van der Waals surface area contributed by atoms with Crippen LogP contribution < -0.4 is 5.73 Å². The molecule has 2 N–H and O–H groups in total. The van der Waals surface area contributed by atoms with E-state index in [2.05, 4.69) is 19.1 Å². The molecule has 1 unspecified atom stereocenters. The van der Waals surface area contributed by atoms with Gasteiger partial charge in [0.1, 0.15) is 0 Å². The van der Waals surface area contributed by atoms with Gasteiger partial charge in [0.15, 0.2) is 0 Å². The molecule has 2 heteroatoms. The minimum absolute atomic E-state index is 0.529. The summed E-state index contributed by atoms with van der Waals surface area (Å²) in [7, 11) is 0. The van der Waals surface area contributed by atoms with Crippen LogP contribution in [0.1, 0.15) is 30.4 Å². The normalized spacial score (nSPS) is 12.9. The molecule has 0 aliphatic heterocycles. The molecule has 0 amide bonds. The largest absolute Gasteiger partial charge is 0.330 e. The van der Waals surface area contributed by atoms with Crippen LogP contribution in [0.25, 0.3) is 0 Å². The van der Waals surface area contributed by atoms with Crippen LogP contribution in [0.5, 0.6) is 0 Å². The number of halogens is 1. The van der Waals surface area contributed by atoms with Gasteiger partial charge in [-0.1, -0.05) is 30.7 Å². The summed E-state index contributed by atoms with van der Waals surface area (Å²) < 4.78 is 0. The van der Waals surface area contributed by atoms with Crippen LogP contribution in [-0.2, 0) is 0 Å². The van der Waals surface area contributed by atoms with Gasteiger partial charge < -0.3 is 5.73 Å². The Kier molecular flexibility index (Phi) is 3.76. The third-order valence-electron chi connectivity index (χ3n) is 2.35. The highest BCUT2D eigenvalue weighted by atomic mass is 35.5. The molecule has 0 saturated carbocycles. The van der Waals surface area contributed by atoms with Crippen LogP contribution in [0.3, 0.4) is 0 Å². The fraction of sp³-hybridized carbons (Fsp3) is 0.455. The summed E-state index contributed by atoms with van der Waals surface area (Å²) >= 11 is 5.94. The maximum absolute atomic E-state index is 5.94. The van der Waals surface area contributed by atoms with Gasteiger partial charge in [-0.3, -0.25) is 0 Å². The molecule has 1 aromatic rings. The van der Waals surface area contributed by atoms with Crippen molar-refractivity contribution in [2.24, 2.45) is 5.73 Å². The van der Waals surface area contributed by atoms with Gasteiger partial charge in [-0.05, 0) is 43.0 Å². The van der Waals surface area contributed by atoms with Gasteiger partial charge in [-0.25, -0.2) is 0 Å². The van der Waals surface area contributed by atoms with Crippen LogP contribution in [-0.4, -0.2) is 6.54 Å². The van der Waals surface area contributed by atoms with Crippen LogP contribution in [0.4, 0.5) is 0 Å². The first kappa shape index (κ1) is 10.6. The second-order valence-electron chi connectivity index (χ2n) is 3.49. The van der Waals surface area contributed by atoms with Crippen LogP contribution in [0, 0.1) is 6.92 Å². The summed E-state index contributed by atoms with van der Waals surface area (Å²) in [6.07, 6.45) is 1.03. The van der Waals surface area contributed by atoms with E-state index in [9.17, 15) is 0 Å². The van der Waals surface area contributed by atoms with Crippen molar-refractivity contribution in [3.63, 3.8) is 0 Å². The van der Waals surface area contributed by atoms with Crippen LogP contribution in [0.2, 0.25) is 5.02 Å². The Morgan fingerprint density at radius 2 is 2.15 bits per heavy atom.